The number of aromatic nitrogens is 2. The monoisotopic (exact) mass is 416 g/mol. The summed E-state index contributed by atoms with van der Waals surface area (Å²) in [6.45, 7) is 0.953. The summed E-state index contributed by atoms with van der Waals surface area (Å²) in [5.41, 5.74) is 13.1. The number of carbonyl (C=O) groups is 4. The number of benzene rings is 1. The van der Waals surface area contributed by atoms with Crippen molar-refractivity contribution in [3.8, 4) is 0 Å². The molecule has 11 heteroatoms. The van der Waals surface area contributed by atoms with Crippen LogP contribution in [0.15, 0.2) is 36.8 Å². The van der Waals surface area contributed by atoms with Gasteiger partial charge in [0.2, 0.25) is 11.8 Å². The highest BCUT2D eigenvalue weighted by molar-refractivity contribution is 6.09. The standard InChI is InChI=1S/C19H24N6O5/c1-11(17(28)23-9-16(26)27)25(18(29)13-4-2-12(7-20)3-5-13)19(30)15(21)6-14-8-22-10-24-14/h2-5,8,10-11,15H,6-7,9,20-21H2,1H3,(H,22,24)(H,23,28)(H,26,27)/t11-,15-/m0/s1. The van der Waals surface area contributed by atoms with Gasteiger partial charge in [-0.1, -0.05) is 12.1 Å². The van der Waals surface area contributed by atoms with E-state index in [1.165, 1.54) is 31.6 Å². The summed E-state index contributed by atoms with van der Waals surface area (Å²) in [5.74, 6) is -3.57. The summed E-state index contributed by atoms with van der Waals surface area (Å²) in [6.07, 6.45) is 2.99. The largest absolute Gasteiger partial charge is 0.480 e. The van der Waals surface area contributed by atoms with E-state index >= 15 is 0 Å². The van der Waals surface area contributed by atoms with Crippen molar-refractivity contribution in [2.45, 2.75) is 32.0 Å². The summed E-state index contributed by atoms with van der Waals surface area (Å²) >= 11 is 0. The van der Waals surface area contributed by atoms with Crippen molar-refractivity contribution in [2.24, 2.45) is 11.5 Å². The van der Waals surface area contributed by atoms with Crippen molar-refractivity contribution in [1.29, 1.82) is 0 Å². The topological polar surface area (TPSA) is 185 Å². The molecule has 0 aliphatic carbocycles. The van der Waals surface area contributed by atoms with Crippen LogP contribution < -0.4 is 16.8 Å². The van der Waals surface area contributed by atoms with Crippen LogP contribution >= 0.6 is 0 Å². The molecule has 0 saturated carbocycles. The minimum atomic E-state index is -1.29. The Hall–Kier alpha value is -3.57. The Kier molecular flexibility index (Phi) is 7.78. The molecule has 3 amide bonds. The predicted molar refractivity (Wildman–Crippen MR) is 106 cm³/mol. The minimum absolute atomic E-state index is 0.0676. The molecule has 0 aliphatic heterocycles. The number of imide groups is 1. The molecule has 30 heavy (non-hydrogen) atoms. The number of aliphatic carboxylic acids is 1. The van der Waals surface area contributed by atoms with Crippen LogP contribution in [0.1, 0.15) is 28.5 Å². The first-order chi connectivity index (χ1) is 14.2. The molecule has 1 aromatic heterocycles. The number of carboxylic acid groups (broad SMARTS) is 1. The second-order valence-corrected chi connectivity index (χ2v) is 6.59. The fraction of sp³-hybridized carbons (Fsp3) is 0.316. The molecule has 0 saturated heterocycles. The molecule has 0 spiro atoms. The van der Waals surface area contributed by atoms with Crippen molar-refractivity contribution in [3.63, 3.8) is 0 Å². The summed E-state index contributed by atoms with van der Waals surface area (Å²) < 4.78 is 0. The highest BCUT2D eigenvalue weighted by atomic mass is 16.4. The molecule has 0 radical (unpaired) electrons. The van der Waals surface area contributed by atoms with E-state index in [9.17, 15) is 19.2 Å². The average Bonchev–Trinajstić information content (AvgIpc) is 3.24. The molecular weight excluding hydrogens is 392 g/mol. The van der Waals surface area contributed by atoms with Gasteiger partial charge in [0.25, 0.3) is 5.91 Å². The Morgan fingerprint density at radius 3 is 2.43 bits per heavy atom. The van der Waals surface area contributed by atoms with Crippen LogP contribution in [0.25, 0.3) is 0 Å². The van der Waals surface area contributed by atoms with E-state index in [0.717, 1.165) is 10.5 Å². The van der Waals surface area contributed by atoms with Gasteiger partial charge in [-0.3, -0.25) is 24.1 Å². The second kappa shape index (κ2) is 10.3. The van der Waals surface area contributed by atoms with Crippen molar-refractivity contribution < 1.29 is 24.3 Å². The number of carboxylic acids is 1. The average molecular weight is 416 g/mol. The van der Waals surface area contributed by atoms with Gasteiger partial charge in [0.05, 0.1) is 12.4 Å². The van der Waals surface area contributed by atoms with Crippen molar-refractivity contribution >= 4 is 23.7 Å². The quantitative estimate of drug-likeness (QED) is 0.344. The first kappa shape index (κ1) is 22.7. The Morgan fingerprint density at radius 1 is 1.23 bits per heavy atom. The summed E-state index contributed by atoms with van der Waals surface area (Å²) in [5, 5.41) is 10.9. The van der Waals surface area contributed by atoms with E-state index < -0.39 is 42.3 Å². The third-order valence-electron chi connectivity index (χ3n) is 4.39. The highest BCUT2D eigenvalue weighted by Crippen LogP contribution is 2.13. The summed E-state index contributed by atoms with van der Waals surface area (Å²) in [7, 11) is 0. The molecule has 1 heterocycles. The zero-order valence-corrected chi connectivity index (χ0v) is 16.4. The molecule has 0 unspecified atom stereocenters. The zero-order valence-electron chi connectivity index (χ0n) is 16.4. The van der Waals surface area contributed by atoms with Crippen LogP contribution in [0.3, 0.4) is 0 Å². The fourth-order valence-corrected chi connectivity index (χ4v) is 2.72. The molecule has 2 atom stereocenters. The lowest BCUT2D eigenvalue weighted by molar-refractivity contribution is -0.140. The number of nitrogens with one attached hydrogen (secondary N) is 2. The number of rotatable bonds is 9. The van der Waals surface area contributed by atoms with Gasteiger partial charge in [0, 0.05) is 30.4 Å². The maximum atomic E-state index is 13.1. The van der Waals surface area contributed by atoms with Crippen molar-refractivity contribution in [2.75, 3.05) is 6.54 Å². The lowest BCUT2D eigenvalue weighted by atomic mass is 10.1. The second-order valence-electron chi connectivity index (χ2n) is 6.59. The van der Waals surface area contributed by atoms with Crippen LogP contribution in [0, 0.1) is 0 Å². The summed E-state index contributed by atoms with van der Waals surface area (Å²) in [4.78, 5) is 56.6. The van der Waals surface area contributed by atoms with Crippen LogP contribution in [-0.2, 0) is 27.3 Å². The molecule has 2 aromatic rings. The SMILES string of the molecule is C[C@@H](C(=O)NCC(=O)O)N(C(=O)c1ccc(CN)cc1)C(=O)[C@@H](N)Cc1cnc[nH]1. The lowest BCUT2D eigenvalue weighted by Gasteiger charge is -2.29. The maximum Gasteiger partial charge on any atom is 0.322 e. The van der Waals surface area contributed by atoms with Gasteiger partial charge in [-0.05, 0) is 24.6 Å². The number of nitrogens with two attached hydrogens (primary N) is 2. The first-order valence-electron chi connectivity index (χ1n) is 9.13. The Bertz CT molecular complexity index is 897. The summed E-state index contributed by atoms with van der Waals surface area (Å²) in [6, 6.07) is 3.84. The molecular formula is C19H24N6O5. The van der Waals surface area contributed by atoms with E-state index in [4.69, 9.17) is 16.6 Å². The van der Waals surface area contributed by atoms with Crippen molar-refractivity contribution in [3.05, 3.63) is 53.6 Å². The third-order valence-corrected chi connectivity index (χ3v) is 4.39. The Labute approximate surface area is 172 Å². The van der Waals surface area contributed by atoms with E-state index in [1.54, 1.807) is 12.1 Å². The minimum Gasteiger partial charge on any atom is -0.480 e. The number of hydrogen-bond acceptors (Lipinski definition) is 7. The van der Waals surface area contributed by atoms with Gasteiger partial charge in [-0.25, -0.2) is 4.98 Å². The van der Waals surface area contributed by atoms with Crippen LogP contribution in [0.5, 0.6) is 0 Å². The van der Waals surface area contributed by atoms with Gasteiger partial charge in [-0.15, -0.1) is 0 Å². The number of aromatic amines is 1. The Morgan fingerprint density at radius 2 is 1.90 bits per heavy atom. The number of carbonyl (C=O) groups excluding carboxylic acids is 3. The molecule has 0 bridgehead atoms. The maximum absolute atomic E-state index is 13.1. The molecule has 1 aromatic carbocycles. The predicted octanol–water partition coefficient (Wildman–Crippen LogP) is -1.00. The number of imidazole rings is 1. The molecule has 7 N–H and O–H groups in total. The van der Waals surface area contributed by atoms with Crippen LogP contribution in [0.2, 0.25) is 0 Å². The van der Waals surface area contributed by atoms with Gasteiger partial charge in [0.1, 0.15) is 12.6 Å². The van der Waals surface area contributed by atoms with E-state index in [-0.39, 0.29) is 18.5 Å². The number of hydrogen-bond donors (Lipinski definition) is 5. The molecule has 0 aliphatic rings. The smallest absolute Gasteiger partial charge is 0.322 e. The molecule has 2 rings (SSSR count). The van der Waals surface area contributed by atoms with Gasteiger partial charge in [0.15, 0.2) is 0 Å². The van der Waals surface area contributed by atoms with Gasteiger partial charge < -0.3 is 26.9 Å². The number of amides is 3. The normalized spacial score (nSPS) is 12.6. The van der Waals surface area contributed by atoms with E-state index in [1.807, 2.05) is 0 Å². The molecule has 160 valence electrons. The number of nitrogens with zero attached hydrogens (tertiary/aromatic N) is 2. The highest BCUT2D eigenvalue weighted by Gasteiger charge is 2.35. The molecule has 11 nitrogen and oxygen atoms in total. The fourth-order valence-electron chi connectivity index (χ4n) is 2.72. The lowest BCUT2D eigenvalue weighted by Crippen LogP contribution is -2.56. The van der Waals surface area contributed by atoms with Gasteiger partial charge in [-0.2, -0.15) is 0 Å². The first-order valence-corrected chi connectivity index (χ1v) is 9.13. The van der Waals surface area contributed by atoms with Crippen LogP contribution in [-0.4, -0.2) is 62.3 Å². The number of H-pyrrole nitrogens is 1. The third kappa shape index (κ3) is 5.72. The molecule has 0 fully saturated rings. The zero-order chi connectivity index (χ0) is 22.3. The van der Waals surface area contributed by atoms with E-state index in [0.29, 0.717) is 5.69 Å². The Balaban J connectivity index is 2.29. The van der Waals surface area contributed by atoms with Crippen LogP contribution in [0.4, 0.5) is 0 Å². The van der Waals surface area contributed by atoms with Gasteiger partial charge >= 0.3 is 5.97 Å². The van der Waals surface area contributed by atoms with Crippen molar-refractivity contribution in [1.82, 2.24) is 20.2 Å². The van der Waals surface area contributed by atoms with E-state index in [2.05, 4.69) is 15.3 Å².